The molecule has 1 amide bonds. The van der Waals surface area contributed by atoms with Crippen molar-refractivity contribution in [1.82, 2.24) is 14.5 Å². The number of carbonyl (C=O) groups is 1. The summed E-state index contributed by atoms with van der Waals surface area (Å²) in [5.74, 6) is -0.414. The van der Waals surface area contributed by atoms with E-state index in [9.17, 15) is 13.2 Å². The Labute approximate surface area is 155 Å². The van der Waals surface area contributed by atoms with Crippen molar-refractivity contribution in [2.24, 2.45) is 5.92 Å². The summed E-state index contributed by atoms with van der Waals surface area (Å²) in [6.45, 7) is 2.35. The van der Waals surface area contributed by atoms with E-state index in [2.05, 4.69) is 15.5 Å². The minimum absolute atomic E-state index is 0.156. The number of hydrogen-bond acceptors (Lipinski definition) is 7. The van der Waals surface area contributed by atoms with Crippen LogP contribution in [-0.4, -0.2) is 41.9 Å². The van der Waals surface area contributed by atoms with Crippen molar-refractivity contribution in [3.8, 4) is 6.07 Å². The monoisotopic (exact) mass is 391 g/mol. The third-order valence-electron chi connectivity index (χ3n) is 4.20. The second kappa shape index (κ2) is 7.49. The van der Waals surface area contributed by atoms with E-state index in [1.54, 1.807) is 6.92 Å². The molecule has 0 saturated carbocycles. The average Bonchev–Trinajstić information content (AvgIpc) is 3.06. The molecule has 1 aliphatic heterocycles. The lowest BCUT2D eigenvalue weighted by Gasteiger charge is -2.30. The molecule has 2 heterocycles. The second-order valence-corrected chi connectivity index (χ2v) is 9.05. The zero-order valence-electron chi connectivity index (χ0n) is 14.0. The first-order valence-corrected chi connectivity index (χ1v) is 10.3. The fourth-order valence-corrected chi connectivity index (χ4v) is 4.83. The van der Waals surface area contributed by atoms with Gasteiger partial charge in [-0.15, -0.1) is 10.2 Å². The lowest BCUT2D eigenvalue weighted by Crippen LogP contribution is -2.41. The molecule has 26 heavy (non-hydrogen) atoms. The Morgan fingerprint density at radius 1 is 1.27 bits per heavy atom. The molecule has 0 spiro atoms. The molecule has 8 nitrogen and oxygen atoms in total. The van der Waals surface area contributed by atoms with E-state index >= 15 is 0 Å². The van der Waals surface area contributed by atoms with Crippen molar-refractivity contribution in [2.45, 2.75) is 24.7 Å². The lowest BCUT2D eigenvalue weighted by molar-refractivity contribution is -0.120. The Morgan fingerprint density at radius 2 is 1.92 bits per heavy atom. The Morgan fingerprint density at radius 3 is 2.46 bits per heavy atom. The second-order valence-electron chi connectivity index (χ2n) is 5.93. The number of benzene rings is 1. The third-order valence-corrected chi connectivity index (χ3v) is 6.87. The Hall–Kier alpha value is -2.35. The van der Waals surface area contributed by atoms with Crippen LogP contribution in [0, 0.1) is 24.2 Å². The number of nitrogens with zero attached hydrogens (tertiary/aromatic N) is 4. The molecule has 0 aliphatic carbocycles. The fraction of sp³-hybridized carbons (Fsp3) is 0.375. The number of amides is 1. The van der Waals surface area contributed by atoms with Gasteiger partial charge < -0.3 is 5.32 Å². The van der Waals surface area contributed by atoms with Crippen LogP contribution in [0.4, 0.5) is 5.13 Å². The highest BCUT2D eigenvalue weighted by Crippen LogP contribution is 2.25. The van der Waals surface area contributed by atoms with Gasteiger partial charge in [0.15, 0.2) is 0 Å². The van der Waals surface area contributed by atoms with Gasteiger partial charge in [-0.05, 0) is 44.0 Å². The number of nitriles is 1. The van der Waals surface area contributed by atoms with Crippen molar-refractivity contribution in [3.05, 3.63) is 34.8 Å². The number of piperidine rings is 1. The van der Waals surface area contributed by atoms with Gasteiger partial charge in [0.25, 0.3) is 0 Å². The largest absolute Gasteiger partial charge is 0.300 e. The van der Waals surface area contributed by atoms with Crippen LogP contribution in [0.1, 0.15) is 23.4 Å². The van der Waals surface area contributed by atoms with Gasteiger partial charge in [-0.1, -0.05) is 11.3 Å². The maximum Gasteiger partial charge on any atom is 0.243 e. The summed E-state index contributed by atoms with van der Waals surface area (Å²) < 4.78 is 26.7. The van der Waals surface area contributed by atoms with E-state index in [-0.39, 0.29) is 29.8 Å². The fourth-order valence-electron chi connectivity index (χ4n) is 2.76. The highest BCUT2D eigenvalue weighted by Gasteiger charge is 2.32. The molecule has 2 aromatic rings. The van der Waals surface area contributed by atoms with Gasteiger partial charge in [-0.25, -0.2) is 8.42 Å². The summed E-state index contributed by atoms with van der Waals surface area (Å²) in [6.07, 6.45) is 0.887. The highest BCUT2D eigenvalue weighted by atomic mass is 32.2. The number of sulfonamides is 1. The maximum absolute atomic E-state index is 12.7. The Bertz CT molecular complexity index is 939. The number of aromatic nitrogens is 2. The van der Waals surface area contributed by atoms with Gasteiger partial charge >= 0.3 is 0 Å². The SMILES string of the molecule is Cc1nnc(NC(=O)C2CCN(S(=O)(=O)c3ccc(C#N)cc3)CC2)s1. The molecule has 1 fully saturated rings. The average molecular weight is 391 g/mol. The molecule has 3 rings (SSSR count). The topological polar surface area (TPSA) is 116 Å². The van der Waals surface area contributed by atoms with Crippen molar-refractivity contribution < 1.29 is 13.2 Å². The van der Waals surface area contributed by atoms with E-state index in [0.717, 1.165) is 5.01 Å². The van der Waals surface area contributed by atoms with Crippen molar-refractivity contribution in [2.75, 3.05) is 18.4 Å². The lowest BCUT2D eigenvalue weighted by atomic mass is 9.97. The number of aryl methyl sites for hydroxylation is 1. The van der Waals surface area contributed by atoms with E-state index < -0.39 is 10.0 Å². The van der Waals surface area contributed by atoms with Crippen molar-refractivity contribution in [1.29, 1.82) is 5.26 Å². The van der Waals surface area contributed by atoms with Gasteiger partial charge in [0, 0.05) is 19.0 Å². The first-order chi connectivity index (χ1) is 12.4. The Balaban J connectivity index is 1.62. The molecule has 1 aliphatic rings. The number of carbonyl (C=O) groups excluding carboxylic acids is 1. The number of hydrogen-bond donors (Lipinski definition) is 1. The Kier molecular flexibility index (Phi) is 5.31. The van der Waals surface area contributed by atoms with E-state index in [0.29, 0.717) is 23.5 Å². The molecule has 136 valence electrons. The van der Waals surface area contributed by atoms with Crippen LogP contribution < -0.4 is 5.32 Å². The van der Waals surface area contributed by atoms with E-state index in [1.165, 1.54) is 39.9 Å². The van der Waals surface area contributed by atoms with Gasteiger partial charge in [0.1, 0.15) is 5.01 Å². The first kappa shape index (κ1) is 18.4. The van der Waals surface area contributed by atoms with Crippen molar-refractivity contribution >= 4 is 32.4 Å². The molecule has 1 saturated heterocycles. The van der Waals surface area contributed by atoms with Gasteiger partial charge in [0.05, 0.1) is 16.5 Å². The maximum atomic E-state index is 12.7. The predicted octanol–water partition coefficient (Wildman–Crippen LogP) is 1.76. The quantitative estimate of drug-likeness (QED) is 0.849. The molecule has 0 bridgehead atoms. The summed E-state index contributed by atoms with van der Waals surface area (Å²) >= 11 is 1.30. The minimum Gasteiger partial charge on any atom is -0.300 e. The zero-order valence-corrected chi connectivity index (χ0v) is 15.7. The number of anilines is 1. The minimum atomic E-state index is -3.62. The van der Waals surface area contributed by atoms with E-state index in [4.69, 9.17) is 5.26 Å². The van der Waals surface area contributed by atoms with Crippen LogP contribution in [0.3, 0.4) is 0 Å². The van der Waals surface area contributed by atoms with Crippen LogP contribution in [0.5, 0.6) is 0 Å². The molecule has 0 radical (unpaired) electrons. The molecule has 1 aromatic carbocycles. The summed E-state index contributed by atoms with van der Waals surface area (Å²) in [4.78, 5) is 12.5. The molecular formula is C16H17N5O3S2. The molecule has 1 N–H and O–H groups in total. The van der Waals surface area contributed by atoms with E-state index in [1.807, 2.05) is 6.07 Å². The standard InChI is InChI=1S/C16H17N5O3S2/c1-11-19-20-16(25-11)18-15(22)13-6-8-21(9-7-13)26(23,24)14-4-2-12(10-17)3-5-14/h2-5,13H,6-9H2,1H3,(H,18,20,22). The summed E-state index contributed by atoms with van der Waals surface area (Å²) in [5.41, 5.74) is 0.409. The zero-order chi connectivity index (χ0) is 18.7. The molecule has 0 unspecified atom stereocenters. The van der Waals surface area contributed by atoms with Gasteiger partial charge in [0.2, 0.25) is 21.1 Å². The number of nitrogens with one attached hydrogen (secondary N) is 1. The normalized spacial score (nSPS) is 16.2. The van der Waals surface area contributed by atoms with Crippen LogP contribution >= 0.6 is 11.3 Å². The van der Waals surface area contributed by atoms with Gasteiger partial charge in [-0.3, -0.25) is 4.79 Å². The molecule has 0 atom stereocenters. The summed E-state index contributed by atoms with van der Waals surface area (Å²) in [6, 6.07) is 7.80. The molecule has 1 aromatic heterocycles. The first-order valence-electron chi connectivity index (χ1n) is 8.01. The van der Waals surface area contributed by atoms with Crippen LogP contribution in [0.25, 0.3) is 0 Å². The summed E-state index contributed by atoms with van der Waals surface area (Å²) in [7, 11) is -3.62. The third kappa shape index (κ3) is 3.90. The highest BCUT2D eigenvalue weighted by molar-refractivity contribution is 7.89. The molecule has 10 heteroatoms. The van der Waals surface area contributed by atoms with Crippen molar-refractivity contribution in [3.63, 3.8) is 0 Å². The van der Waals surface area contributed by atoms with Gasteiger partial charge in [-0.2, -0.15) is 9.57 Å². The number of rotatable bonds is 4. The van der Waals surface area contributed by atoms with Crippen LogP contribution in [0.15, 0.2) is 29.2 Å². The summed E-state index contributed by atoms with van der Waals surface area (Å²) in [5, 5.41) is 20.5. The van der Waals surface area contributed by atoms with Crippen LogP contribution in [0.2, 0.25) is 0 Å². The molecular weight excluding hydrogens is 374 g/mol. The smallest absolute Gasteiger partial charge is 0.243 e. The van der Waals surface area contributed by atoms with Crippen LogP contribution in [-0.2, 0) is 14.8 Å². The predicted molar refractivity (Wildman–Crippen MR) is 95.9 cm³/mol.